The zero-order chi connectivity index (χ0) is 16.5. The second-order valence-electron chi connectivity index (χ2n) is 6.42. The Bertz CT molecular complexity index is 840. The molecule has 1 aromatic heterocycles. The van der Waals surface area contributed by atoms with Gasteiger partial charge in [0.25, 0.3) is 0 Å². The minimum absolute atomic E-state index is 0.184. The Balaban J connectivity index is 1.86. The number of aromatic nitrogens is 2. The summed E-state index contributed by atoms with van der Waals surface area (Å²) in [6.07, 6.45) is 0.369. The van der Waals surface area contributed by atoms with Gasteiger partial charge in [-0.3, -0.25) is 0 Å². The van der Waals surface area contributed by atoms with Crippen molar-refractivity contribution >= 4 is 16.9 Å². The molecule has 0 N–H and O–H groups in total. The summed E-state index contributed by atoms with van der Waals surface area (Å²) in [5, 5.41) is 1.09. The van der Waals surface area contributed by atoms with Crippen LogP contribution in [0.1, 0.15) is 13.8 Å². The predicted octanol–water partition coefficient (Wildman–Crippen LogP) is 3.91. The van der Waals surface area contributed by atoms with Crippen LogP contribution in [0.5, 0.6) is 0 Å². The normalized spacial score (nSPS) is 21.2. The van der Waals surface area contributed by atoms with E-state index in [0.717, 1.165) is 41.2 Å². The van der Waals surface area contributed by atoms with Crippen LogP contribution in [-0.4, -0.2) is 35.3 Å². The van der Waals surface area contributed by atoms with E-state index in [4.69, 9.17) is 14.7 Å². The van der Waals surface area contributed by atoms with Gasteiger partial charge in [-0.05, 0) is 19.9 Å². The van der Waals surface area contributed by atoms with Crippen LogP contribution < -0.4 is 4.90 Å². The molecule has 4 heteroatoms. The van der Waals surface area contributed by atoms with E-state index < -0.39 is 0 Å². The van der Waals surface area contributed by atoms with Crippen molar-refractivity contribution in [2.24, 2.45) is 0 Å². The maximum absolute atomic E-state index is 5.84. The largest absolute Gasteiger partial charge is 0.372 e. The maximum Gasteiger partial charge on any atom is 0.226 e. The second-order valence-corrected chi connectivity index (χ2v) is 6.42. The van der Waals surface area contributed by atoms with E-state index in [0.29, 0.717) is 0 Å². The Morgan fingerprint density at radius 1 is 0.875 bits per heavy atom. The van der Waals surface area contributed by atoms with Crippen LogP contribution in [0.15, 0.2) is 54.6 Å². The van der Waals surface area contributed by atoms with Gasteiger partial charge in [-0.1, -0.05) is 48.5 Å². The number of rotatable bonds is 2. The fourth-order valence-corrected chi connectivity index (χ4v) is 3.36. The van der Waals surface area contributed by atoms with Crippen LogP contribution in [0.3, 0.4) is 0 Å². The van der Waals surface area contributed by atoms with Crippen molar-refractivity contribution in [3.05, 3.63) is 54.6 Å². The smallest absolute Gasteiger partial charge is 0.226 e. The van der Waals surface area contributed by atoms with Gasteiger partial charge in [-0.25, -0.2) is 9.97 Å². The first-order valence-electron chi connectivity index (χ1n) is 8.43. The third-order valence-electron chi connectivity index (χ3n) is 4.34. The predicted molar refractivity (Wildman–Crippen MR) is 97.2 cm³/mol. The molecule has 1 fully saturated rings. The number of benzene rings is 2. The van der Waals surface area contributed by atoms with Gasteiger partial charge in [-0.2, -0.15) is 0 Å². The van der Waals surface area contributed by atoms with Crippen LogP contribution in [0.2, 0.25) is 0 Å². The van der Waals surface area contributed by atoms with Crippen molar-refractivity contribution in [3.8, 4) is 11.3 Å². The van der Waals surface area contributed by atoms with Gasteiger partial charge in [-0.15, -0.1) is 0 Å². The molecular weight excluding hydrogens is 298 g/mol. The highest BCUT2D eigenvalue weighted by Gasteiger charge is 2.25. The Morgan fingerprint density at radius 2 is 1.54 bits per heavy atom. The molecule has 0 spiro atoms. The van der Waals surface area contributed by atoms with Gasteiger partial charge >= 0.3 is 0 Å². The summed E-state index contributed by atoms with van der Waals surface area (Å²) in [7, 11) is 0. The molecule has 2 heterocycles. The van der Waals surface area contributed by atoms with Crippen LogP contribution in [0, 0.1) is 0 Å². The molecule has 1 saturated heterocycles. The SMILES string of the molecule is C[C@H]1CN(c2nc(-c3ccccc3)c3ccccc3n2)C[C@H](C)O1. The lowest BCUT2D eigenvalue weighted by molar-refractivity contribution is -0.00569. The van der Waals surface area contributed by atoms with Crippen molar-refractivity contribution in [1.29, 1.82) is 0 Å². The van der Waals surface area contributed by atoms with E-state index in [9.17, 15) is 0 Å². The zero-order valence-corrected chi connectivity index (χ0v) is 14.0. The number of nitrogens with zero attached hydrogens (tertiary/aromatic N) is 3. The number of para-hydroxylation sites is 1. The van der Waals surface area contributed by atoms with Crippen molar-refractivity contribution in [1.82, 2.24) is 9.97 Å². The van der Waals surface area contributed by atoms with Gasteiger partial charge < -0.3 is 9.64 Å². The number of fused-ring (bicyclic) bond motifs is 1. The number of anilines is 1. The Labute approximate surface area is 142 Å². The van der Waals surface area contributed by atoms with Crippen molar-refractivity contribution in [2.75, 3.05) is 18.0 Å². The molecule has 4 rings (SSSR count). The fraction of sp³-hybridized carbons (Fsp3) is 0.300. The standard InChI is InChI=1S/C20H21N3O/c1-14-12-23(13-15(2)24-14)20-21-18-11-7-6-10-17(18)19(22-20)16-8-4-3-5-9-16/h3-11,14-15H,12-13H2,1-2H3/t14-,15-/m0/s1. The Morgan fingerprint density at radius 3 is 2.29 bits per heavy atom. The molecule has 1 aliphatic heterocycles. The fourth-order valence-electron chi connectivity index (χ4n) is 3.36. The molecule has 4 nitrogen and oxygen atoms in total. The number of morpholine rings is 1. The van der Waals surface area contributed by atoms with Crippen molar-refractivity contribution in [2.45, 2.75) is 26.1 Å². The van der Waals surface area contributed by atoms with Crippen LogP contribution in [-0.2, 0) is 4.74 Å². The first-order valence-corrected chi connectivity index (χ1v) is 8.43. The summed E-state index contributed by atoms with van der Waals surface area (Å²) in [6.45, 7) is 5.83. The first kappa shape index (κ1) is 15.1. The van der Waals surface area contributed by atoms with Gasteiger partial charge in [0.2, 0.25) is 5.95 Å². The first-order chi connectivity index (χ1) is 11.7. The van der Waals surface area contributed by atoms with Crippen LogP contribution >= 0.6 is 0 Å². The summed E-state index contributed by atoms with van der Waals surface area (Å²) in [6, 6.07) is 18.5. The minimum Gasteiger partial charge on any atom is -0.372 e. The molecule has 0 amide bonds. The molecule has 0 unspecified atom stereocenters. The van der Waals surface area contributed by atoms with Gasteiger partial charge in [0.15, 0.2) is 0 Å². The molecule has 0 radical (unpaired) electrons. The average molecular weight is 319 g/mol. The molecule has 24 heavy (non-hydrogen) atoms. The summed E-state index contributed by atoms with van der Waals surface area (Å²) < 4.78 is 5.84. The topological polar surface area (TPSA) is 38.2 Å². The zero-order valence-electron chi connectivity index (χ0n) is 14.0. The highest BCUT2D eigenvalue weighted by molar-refractivity contribution is 5.93. The molecule has 1 aliphatic rings. The van der Waals surface area contributed by atoms with E-state index in [1.807, 2.05) is 30.3 Å². The molecular formula is C20H21N3O. The Kier molecular flexibility index (Phi) is 3.90. The molecule has 0 aliphatic carbocycles. The molecule has 0 bridgehead atoms. The third kappa shape index (κ3) is 2.85. The van der Waals surface area contributed by atoms with Gasteiger partial charge in [0.05, 0.1) is 23.4 Å². The number of hydrogen-bond acceptors (Lipinski definition) is 4. The number of ether oxygens (including phenoxy) is 1. The highest BCUT2D eigenvalue weighted by atomic mass is 16.5. The van der Waals surface area contributed by atoms with Crippen molar-refractivity contribution < 1.29 is 4.74 Å². The second kappa shape index (κ2) is 6.21. The van der Waals surface area contributed by atoms with Gasteiger partial charge in [0.1, 0.15) is 0 Å². The van der Waals surface area contributed by atoms with E-state index in [1.54, 1.807) is 0 Å². The summed E-state index contributed by atoms with van der Waals surface area (Å²) in [5.74, 6) is 0.787. The average Bonchev–Trinajstić information content (AvgIpc) is 2.61. The quantitative estimate of drug-likeness (QED) is 0.718. The monoisotopic (exact) mass is 319 g/mol. The summed E-state index contributed by atoms with van der Waals surface area (Å²) in [4.78, 5) is 12.0. The van der Waals surface area contributed by atoms with E-state index in [2.05, 4.69) is 43.0 Å². The lowest BCUT2D eigenvalue weighted by Gasteiger charge is -2.35. The van der Waals surface area contributed by atoms with Crippen LogP contribution in [0.25, 0.3) is 22.2 Å². The summed E-state index contributed by atoms with van der Waals surface area (Å²) in [5.41, 5.74) is 3.09. The lowest BCUT2D eigenvalue weighted by atomic mass is 10.1. The molecule has 122 valence electrons. The Hall–Kier alpha value is -2.46. The third-order valence-corrected chi connectivity index (χ3v) is 4.34. The van der Waals surface area contributed by atoms with E-state index in [1.165, 1.54) is 0 Å². The highest BCUT2D eigenvalue weighted by Crippen LogP contribution is 2.29. The summed E-state index contributed by atoms with van der Waals surface area (Å²) >= 11 is 0. The van der Waals surface area contributed by atoms with E-state index >= 15 is 0 Å². The maximum atomic E-state index is 5.84. The van der Waals surface area contributed by atoms with Gasteiger partial charge in [0, 0.05) is 24.0 Å². The molecule has 2 aromatic carbocycles. The molecule has 2 atom stereocenters. The van der Waals surface area contributed by atoms with Crippen molar-refractivity contribution in [3.63, 3.8) is 0 Å². The lowest BCUT2D eigenvalue weighted by Crippen LogP contribution is -2.46. The van der Waals surface area contributed by atoms with E-state index in [-0.39, 0.29) is 12.2 Å². The minimum atomic E-state index is 0.184. The molecule has 0 saturated carbocycles. The number of hydrogen-bond donors (Lipinski definition) is 0. The van der Waals surface area contributed by atoms with Crippen LogP contribution in [0.4, 0.5) is 5.95 Å². The molecule has 3 aromatic rings.